The molecule has 7 nitrogen and oxygen atoms in total. The highest BCUT2D eigenvalue weighted by atomic mass is 32.2. The average Bonchev–Trinajstić information content (AvgIpc) is 3.11. The lowest BCUT2D eigenvalue weighted by atomic mass is 10.1. The minimum absolute atomic E-state index is 0.0496. The monoisotopic (exact) mass is 400 g/mol. The molecule has 2 heterocycles. The van der Waals surface area contributed by atoms with Crippen LogP contribution in [-0.4, -0.2) is 54.7 Å². The minimum Gasteiger partial charge on any atom is -0.477 e. The zero-order valence-corrected chi connectivity index (χ0v) is 15.9. The van der Waals surface area contributed by atoms with Crippen molar-refractivity contribution in [1.82, 2.24) is 8.87 Å². The summed E-state index contributed by atoms with van der Waals surface area (Å²) >= 11 is 0. The highest BCUT2D eigenvalue weighted by molar-refractivity contribution is 7.90. The van der Waals surface area contributed by atoms with Gasteiger partial charge < -0.3 is 9.84 Å². The molecule has 1 aliphatic rings. The fraction of sp³-hybridized carbons (Fsp3) is 0.250. The number of aromatic carboxylic acids is 1. The molecule has 0 unspecified atom stereocenters. The van der Waals surface area contributed by atoms with Gasteiger partial charge in [-0.05, 0) is 29.8 Å². The second-order valence-electron chi connectivity index (χ2n) is 6.66. The molecule has 0 saturated carbocycles. The van der Waals surface area contributed by atoms with E-state index in [1.165, 1.54) is 18.2 Å². The van der Waals surface area contributed by atoms with Crippen LogP contribution in [0, 0.1) is 0 Å². The second kappa shape index (κ2) is 7.38. The highest BCUT2D eigenvalue weighted by Gasteiger charge is 2.27. The fourth-order valence-electron chi connectivity index (χ4n) is 3.51. The molecule has 0 radical (unpaired) electrons. The van der Waals surface area contributed by atoms with Crippen LogP contribution in [-0.2, 0) is 21.3 Å². The van der Waals surface area contributed by atoms with Crippen molar-refractivity contribution >= 4 is 26.9 Å². The van der Waals surface area contributed by atoms with E-state index in [4.69, 9.17) is 4.74 Å². The number of morpholine rings is 1. The number of benzene rings is 2. The molecule has 1 fully saturated rings. The number of aromatic nitrogens is 1. The molecule has 1 saturated heterocycles. The Morgan fingerprint density at radius 3 is 2.43 bits per heavy atom. The van der Waals surface area contributed by atoms with Gasteiger partial charge in [0.2, 0.25) is 0 Å². The lowest BCUT2D eigenvalue weighted by molar-refractivity contribution is 0.0344. The van der Waals surface area contributed by atoms with E-state index in [1.54, 1.807) is 30.3 Å². The molecule has 0 atom stereocenters. The van der Waals surface area contributed by atoms with Gasteiger partial charge in [0.15, 0.2) is 0 Å². The summed E-state index contributed by atoms with van der Waals surface area (Å²) in [6.45, 7) is 3.48. The molecule has 28 heavy (non-hydrogen) atoms. The summed E-state index contributed by atoms with van der Waals surface area (Å²) in [5.74, 6) is -1.28. The van der Waals surface area contributed by atoms with Crippen LogP contribution in [0.4, 0.5) is 0 Å². The number of carboxylic acids is 1. The average molecular weight is 400 g/mol. The van der Waals surface area contributed by atoms with E-state index in [-0.39, 0.29) is 10.6 Å². The van der Waals surface area contributed by atoms with Gasteiger partial charge in [-0.1, -0.05) is 30.3 Å². The van der Waals surface area contributed by atoms with Crippen LogP contribution in [0.3, 0.4) is 0 Å². The third-order valence-corrected chi connectivity index (χ3v) is 6.63. The van der Waals surface area contributed by atoms with Gasteiger partial charge in [0.05, 0.1) is 23.6 Å². The number of nitrogens with zero attached hydrogens (tertiary/aromatic N) is 2. The summed E-state index contributed by atoms with van der Waals surface area (Å²) < 4.78 is 32.7. The molecule has 1 aromatic heterocycles. The van der Waals surface area contributed by atoms with Gasteiger partial charge in [-0.3, -0.25) is 4.90 Å². The zero-order chi connectivity index (χ0) is 19.7. The lowest BCUT2D eigenvalue weighted by Gasteiger charge is -2.26. The van der Waals surface area contributed by atoms with Gasteiger partial charge in [0, 0.05) is 25.0 Å². The lowest BCUT2D eigenvalue weighted by Crippen LogP contribution is -2.35. The minimum atomic E-state index is -4.05. The maximum Gasteiger partial charge on any atom is 0.353 e. The maximum atomic E-state index is 13.2. The Morgan fingerprint density at radius 2 is 1.75 bits per heavy atom. The predicted octanol–water partition coefficient (Wildman–Crippen LogP) is 2.41. The number of hydrogen-bond donors (Lipinski definition) is 1. The van der Waals surface area contributed by atoms with Crippen molar-refractivity contribution in [2.24, 2.45) is 0 Å². The SMILES string of the molecule is O=C(O)c1cc2c(CN3CCOCC3)cccc2n1S(=O)(=O)c1ccccc1. The molecular formula is C20H20N2O5S. The Kier molecular flexibility index (Phi) is 4.92. The smallest absolute Gasteiger partial charge is 0.353 e. The van der Waals surface area contributed by atoms with Gasteiger partial charge in [-0.15, -0.1) is 0 Å². The summed E-state index contributed by atoms with van der Waals surface area (Å²) in [7, 11) is -4.05. The molecule has 4 rings (SSSR count). The van der Waals surface area contributed by atoms with Gasteiger partial charge in [-0.2, -0.15) is 0 Å². The molecule has 0 aliphatic carbocycles. The number of ether oxygens (including phenoxy) is 1. The largest absolute Gasteiger partial charge is 0.477 e. The molecule has 0 spiro atoms. The Morgan fingerprint density at radius 1 is 1.04 bits per heavy atom. The van der Waals surface area contributed by atoms with Crippen molar-refractivity contribution in [1.29, 1.82) is 0 Å². The first-order valence-electron chi connectivity index (χ1n) is 8.96. The summed E-state index contributed by atoms with van der Waals surface area (Å²) in [6.07, 6.45) is 0. The molecule has 1 N–H and O–H groups in total. The normalized spacial score (nSPS) is 15.7. The Labute approximate surface area is 162 Å². The van der Waals surface area contributed by atoms with E-state index in [0.29, 0.717) is 30.7 Å². The molecule has 8 heteroatoms. The summed E-state index contributed by atoms with van der Waals surface area (Å²) in [5.41, 5.74) is 0.990. The van der Waals surface area contributed by atoms with Gasteiger partial charge in [0.25, 0.3) is 10.0 Å². The first kappa shape index (κ1) is 18.7. The summed E-state index contributed by atoms with van der Waals surface area (Å²) in [5, 5.41) is 10.3. The number of carbonyl (C=O) groups is 1. The number of hydrogen-bond acceptors (Lipinski definition) is 5. The van der Waals surface area contributed by atoms with Crippen LogP contribution in [0.5, 0.6) is 0 Å². The van der Waals surface area contributed by atoms with Gasteiger partial charge in [0.1, 0.15) is 5.69 Å². The van der Waals surface area contributed by atoms with E-state index in [0.717, 1.165) is 22.6 Å². The standard InChI is InChI=1S/C20H20N2O5S/c23-20(24)19-13-17-15(14-21-9-11-27-12-10-21)5-4-8-18(17)22(19)28(25,26)16-6-2-1-3-7-16/h1-8,13H,9-12,14H2,(H,23,24). The van der Waals surface area contributed by atoms with Crippen LogP contribution >= 0.6 is 0 Å². The topological polar surface area (TPSA) is 88.8 Å². The second-order valence-corrected chi connectivity index (χ2v) is 8.44. The van der Waals surface area contributed by atoms with Crippen LogP contribution in [0.15, 0.2) is 59.5 Å². The third-order valence-electron chi connectivity index (χ3n) is 4.89. The predicted molar refractivity (Wildman–Crippen MR) is 104 cm³/mol. The molecular weight excluding hydrogens is 380 g/mol. The van der Waals surface area contributed by atoms with E-state index in [1.807, 2.05) is 6.07 Å². The molecule has 1 aliphatic heterocycles. The van der Waals surface area contributed by atoms with E-state index >= 15 is 0 Å². The van der Waals surface area contributed by atoms with E-state index in [9.17, 15) is 18.3 Å². The first-order valence-corrected chi connectivity index (χ1v) is 10.4. The van der Waals surface area contributed by atoms with Crippen LogP contribution in [0.25, 0.3) is 10.9 Å². The molecule has 0 bridgehead atoms. The molecule has 146 valence electrons. The van der Waals surface area contributed by atoms with E-state index < -0.39 is 16.0 Å². The number of carboxylic acid groups (broad SMARTS) is 1. The molecule has 3 aromatic rings. The van der Waals surface area contributed by atoms with Crippen LogP contribution < -0.4 is 0 Å². The number of fused-ring (bicyclic) bond motifs is 1. The summed E-state index contributed by atoms with van der Waals surface area (Å²) in [6, 6.07) is 14.6. The number of rotatable bonds is 5. The third kappa shape index (κ3) is 3.30. The van der Waals surface area contributed by atoms with Crippen molar-refractivity contribution < 1.29 is 23.1 Å². The van der Waals surface area contributed by atoms with Crippen molar-refractivity contribution in [2.75, 3.05) is 26.3 Å². The summed E-state index contributed by atoms with van der Waals surface area (Å²) in [4.78, 5) is 14.1. The van der Waals surface area contributed by atoms with Crippen molar-refractivity contribution in [3.63, 3.8) is 0 Å². The highest BCUT2D eigenvalue weighted by Crippen LogP contribution is 2.29. The van der Waals surface area contributed by atoms with E-state index in [2.05, 4.69) is 4.90 Å². The Bertz CT molecular complexity index is 1120. The van der Waals surface area contributed by atoms with Crippen molar-refractivity contribution in [2.45, 2.75) is 11.4 Å². The maximum absolute atomic E-state index is 13.2. The first-order chi connectivity index (χ1) is 13.5. The Hall–Kier alpha value is -2.68. The van der Waals surface area contributed by atoms with Crippen LogP contribution in [0.1, 0.15) is 16.1 Å². The zero-order valence-electron chi connectivity index (χ0n) is 15.1. The fourth-order valence-corrected chi connectivity index (χ4v) is 5.03. The van der Waals surface area contributed by atoms with Gasteiger partial charge >= 0.3 is 5.97 Å². The quantitative estimate of drug-likeness (QED) is 0.708. The molecule has 0 amide bonds. The van der Waals surface area contributed by atoms with Crippen molar-refractivity contribution in [3.8, 4) is 0 Å². The van der Waals surface area contributed by atoms with Gasteiger partial charge in [-0.25, -0.2) is 17.2 Å². The Balaban J connectivity index is 1.88. The van der Waals surface area contributed by atoms with Crippen LogP contribution in [0.2, 0.25) is 0 Å². The van der Waals surface area contributed by atoms with Crippen molar-refractivity contribution in [3.05, 3.63) is 65.9 Å². The molecule has 2 aromatic carbocycles.